The molecule has 3 rings (SSSR count). The number of phenolic OH excluding ortho intramolecular Hbond substituents is 1. The summed E-state index contributed by atoms with van der Waals surface area (Å²) in [4.78, 5) is 3.94. The van der Waals surface area contributed by atoms with Gasteiger partial charge in [-0.1, -0.05) is 12.1 Å². The molecule has 1 atom stereocenters. The van der Waals surface area contributed by atoms with Gasteiger partial charge in [0, 0.05) is 18.0 Å². The number of nitrogens with one attached hydrogen (secondary N) is 1. The maximum absolute atomic E-state index is 9.75. The highest BCUT2D eigenvalue weighted by molar-refractivity contribution is 5.94. The smallest absolute Gasteiger partial charge is 0.240 e. The van der Waals surface area contributed by atoms with Crippen molar-refractivity contribution in [2.45, 2.75) is 6.23 Å². The van der Waals surface area contributed by atoms with Crippen LogP contribution in [0.25, 0.3) is 0 Å². The van der Waals surface area contributed by atoms with E-state index in [1.807, 2.05) is 18.2 Å². The summed E-state index contributed by atoms with van der Waals surface area (Å²) in [5.74, 6) is 0.673. The minimum atomic E-state index is -0.464. The Balaban J connectivity index is 1.81. The number of aromatic hydroxyl groups is 1. The molecule has 0 aliphatic carbocycles. The van der Waals surface area contributed by atoms with Gasteiger partial charge in [0.05, 0.1) is 5.56 Å². The van der Waals surface area contributed by atoms with Crippen LogP contribution in [0.5, 0.6) is 5.75 Å². The van der Waals surface area contributed by atoms with Gasteiger partial charge in [-0.2, -0.15) is 0 Å². The van der Waals surface area contributed by atoms with E-state index in [4.69, 9.17) is 4.74 Å². The minimum absolute atomic E-state index is 0.182. The Morgan fingerprint density at radius 2 is 1.89 bits per heavy atom. The van der Waals surface area contributed by atoms with E-state index in [1.165, 1.54) is 0 Å². The maximum atomic E-state index is 9.75. The van der Waals surface area contributed by atoms with Gasteiger partial charge < -0.3 is 9.84 Å². The lowest BCUT2D eigenvalue weighted by atomic mass is 10.2. The number of aromatic nitrogens is 1. The SMILES string of the molecule is Oc1ccccc1C1NN=C(c2ccncc2)O1. The van der Waals surface area contributed by atoms with E-state index in [0.29, 0.717) is 11.5 Å². The van der Waals surface area contributed by atoms with Crippen molar-refractivity contribution in [3.63, 3.8) is 0 Å². The van der Waals surface area contributed by atoms with E-state index in [9.17, 15) is 5.11 Å². The summed E-state index contributed by atoms with van der Waals surface area (Å²) < 4.78 is 5.67. The quantitative estimate of drug-likeness (QED) is 0.840. The van der Waals surface area contributed by atoms with Gasteiger partial charge >= 0.3 is 0 Å². The lowest BCUT2D eigenvalue weighted by molar-refractivity contribution is 0.187. The number of benzene rings is 1. The summed E-state index contributed by atoms with van der Waals surface area (Å²) in [5, 5.41) is 13.9. The predicted molar refractivity (Wildman–Crippen MR) is 65.8 cm³/mol. The third-order valence-corrected chi connectivity index (χ3v) is 2.66. The first-order chi connectivity index (χ1) is 8.84. The van der Waals surface area contributed by atoms with E-state index in [1.54, 1.807) is 30.6 Å². The lowest BCUT2D eigenvalue weighted by Gasteiger charge is -2.12. The largest absolute Gasteiger partial charge is 0.507 e. The Kier molecular flexibility index (Phi) is 2.57. The fraction of sp³-hybridized carbons (Fsp3) is 0.0769. The Morgan fingerprint density at radius 3 is 2.67 bits per heavy atom. The zero-order valence-electron chi connectivity index (χ0n) is 9.45. The van der Waals surface area contributed by atoms with Crippen molar-refractivity contribution in [2.24, 2.45) is 5.10 Å². The normalized spacial score (nSPS) is 17.8. The van der Waals surface area contributed by atoms with E-state index >= 15 is 0 Å². The van der Waals surface area contributed by atoms with Crippen LogP contribution in [0.1, 0.15) is 17.4 Å². The van der Waals surface area contributed by atoms with Crippen LogP contribution in [0.15, 0.2) is 53.9 Å². The summed E-state index contributed by atoms with van der Waals surface area (Å²) in [5.41, 5.74) is 4.35. The molecule has 0 fully saturated rings. The zero-order chi connectivity index (χ0) is 12.4. The van der Waals surface area contributed by atoms with Gasteiger partial charge in [0.2, 0.25) is 12.1 Å². The van der Waals surface area contributed by atoms with Crippen LogP contribution in [0.3, 0.4) is 0 Å². The second-order valence-electron chi connectivity index (χ2n) is 3.84. The molecule has 0 saturated carbocycles. The lowest BCUT2D eigenvalue weighted by Crippen LogP contribution is -2.12. The van der Waals surface area contributed by atoms with Gasteiger partial charge in [-0.25, -0.2) is 0 Å². The molecule has 1 unspecified atom stereocenters. The Bertz CT molecular complexity index is 584. The molecule has 1 aliphatic rings. The van der Waals surface area contributed by atoms with Crippen molar-refractivity contribution in [3.8, 4) is 5.75 Å². The van der Waals surface area contributed by atoms with Crippen LogP contribution in [0.2, 0.25) is 0 Å². The van der Waals surface area contributed by atoms with Crippen molar-refractivity contribution in [3.05, 3.63) is 59.9 Å². The van der Waals surface area contributed by atoms with E-state index < -0.39 is 6.23 Å². The third kappa shape index (κ3) is 1.86. The topological polar surface area (TPSA) is 66.7 Å². The van der Waals surface area contributed by atoms with Crippen LogP contribution >= 0.6 is 0 Å². The van der Waals surface area contributed by atoms with Gasteiger partial charge in [-0.15, -0.1) is 5.10 Å². The molecule has 90 valence electrons. The molecule has 2 N–H and O–H groups in total. The van der Waals surface area contributed by atoms with E-state index in [2.05, 4.69) is 15.5 Å². The molecule has 0 amide bonds. The highest BCUT2D eigenvalue weighted by Gasteiger charge is 2.24. The predicted octanol–water partition coefficient (Wildman–Crippen LogP) is 1.77. The Labute approximate surface area is 104 Å². The average molecular weight is 241 g/mol. The molecular formula is C13H11N3O2. The summed E-state index contributed by atoms with van der Waals surface area (Å²) in [6.07, 6.45) is 2.89. The molecule has 1 aromatic heterocycles. The first-order valence-corrected chi connectivity index (χ1v) is 5.53. The summed E-state index contributed by atoms with van der Waals surface area (Å²) in [7, 11) is 0. The molecule has 0 bridgehead atoms. The van der Waals surface area contributed by atoms with E-state index in [0.717, 1.165) is 5.56 Å². The molecular weight excluding hydrogens is 230 g/mol. The fourth-order valence-electron chi connectivity index (χ4n) is 1.75. The Hall–Kier alpha value is -2.56. The molecule has 1 aromatic carbocycles. The van der Waals surface area contributed by atoms with Crippen LogP contribution in [-0.4, -0.2) is 16.0 Å². The number of hydrogen-bond acceptors (Lipinski definition) is 5. The number of nitrogens with zero attached hydrogens (tertiary/aromatic N) is 2. The van der Waals surface area contributed by atoms with E-state index in [-0.39, 0.29) is 5.75 Å². The third-order valence-electron chi connectivity index (χ3n) is 2.66. The molecule has 1 aliphatic heterocycles. The number of hydrogen-bond donors (Lipinski definition) is 2. The van der Waals surface area contributed by atoms with Crippen LogP contribution < -0.4 is 5.43 Å². The van der Waals surface area contributed by atoms with Crippen molar-refractivity contribution < 1.29 is 9.84 Å². The zero-order valence-corrected chi connectivity index (χ0v) is 9.45. The Morgan fingerprint density at radius 1 is 1.11 bits per heavy atom. The monoisotopic (exact) mass is 241 g/mol. The fourth-order valence-corrected chi connectivity index (χ4v) is 1.75. The minimum Gasteiger partial charge on any atom is -0.507 e. The van der Waals surface area contributed by atoms with Crippen molar-refractivity contribution >= 4 is 5.90 Å². The second kappa shape index (κ2) is 4.37. The molecule has 0 spiro atoms. The summed E-state index contributed by atoms with van der Waals surface area (Å²) >= 11 is 0. The van der Waals surface area contributed by atoms with Crippen molar-refractivity contribution in [1.82, 2.24) is 10.4 Å². The number of para-hydroxylation sites is 1. The number of rotatable bonds is 2. The molecule has 0 saturated heterocycles. The molecule has 2 heterocycles. The van der Waals surface area contributed by atoms with Crippen molar-refractivity contribution in [1.29, 1.82) is 0 Å². The first kappa shape index (κ1) is 10.6. The highest BCUT2D eigenvalue weighted by Crippen LogP contribution is 2.27. The molecule has 5 nitrogen and oxygen atoms in total. The average Bonchev–Trinajstić information content (AvgIpc) is 2.90. The van der Waals surface area contributed by atoms with Crippen LogP contribution in [0, 0.1) is 0 Å². The first-order valence-electron chi connectivity index (χ1n) is 5.53. The number of pyridine rings is 1. The maximum Gasteiger partial charge on any atom is 0.240 e. The van der Waals surface area contributed by atoms with Gasteiger partial charge in [0.25, 0.3) is 0 Å². The summed E-state index contributed by atoms with van der Waals surface area (Å²) in [6, 6.07) is 10.6. The molecule has 0 radical (unpaired) electrons. The summed E-state index contributed by atoms with van der Waals surface area (Å²) in [6.45, 7) is 0. The van der Waals surface area contributed by atoms with Crippen LogP contribution in [0.4, 0.5) is 0 Å². The van der Waals surface area contributed by atoms with Gasteiger partial charge in [0.15, 0.2) is 0 Å². The number of ether oxygens (including phenoxy) is 1. The van der Waals surface area contributed by atoms with Gasteiger partial charge in [-0.05, 0) is 24.3 Å². The molecule has 18 heavy (non-hydrogen) atoms. The number of phenols is 1. The highest BCUT2D eigenvalue weighted by atomic mass is 16.5. The standard InChI is InChI=1S/C13H11N3O2/c17-11-4-2-1-3-10(11)13-16-15-12(18-13)9-5-7-14-8-6-9/h1-8,13,16-17H. The molecule has 2 aromatic rings. The van der Waals surface area contributed by atoms with Crippen molar-refractivity contribution in [2.75, 3.05) is 0 Å². The second-order valence-corrected chi connectivity index (χ2v) is 3.84. The number of hydrazone groups is 1. The van der Waals surface area contributed by atoms with Gasteiger partial charge in [0.1, 0.15) is 5.75 Å². The molecule has 5 heteroatoms. The van der Waals surface area contributed by atoms with Crippen LogP contribution in [-0.2, 0) is 4.74 Å². The van der Waals surface area contributed by atoms with Gasteiger partial charge in [-0.3, -0.25) is 10.4 Å².